The maximum absolute atomic E-state index is 12.6. The topological polar surface area (TPSA) is 98.5 Å². The monoisotopic (exact) mass is 414 g/mol. The predicted octanol–water partition coefficient (Wildman–Crippen LogP) is 3.10. The number of hydrogen-bond donors (Lipinski definition) is 2. The highest BCUT2D eigenvalue weighted by atomic mass is 32.2. The summed E-state index contributed by atoms with van der Waals surface area (Å²) >= 11 is 0. The minimum atomic E-state index is -4.41. The number of halogens is 3. The second-order valence-corrected chi connectivity index (χ2v) is 8.03. The first-order valence-corrected chi connectivity index (χ1v) is 9.74. The van der Waals surface area contributed by atoms with E-state index in [1.165, 1.54) is 37.4 Å². The van der Waals surface area contributed by atoms with Gasteiger partial charge in [0.05, 0.1) is 23.3 Å². The van der Waals surface area contributed by atoms with E-state index in [0.29, 0.717) is 12.0 Å². The van der Waals surface area contributed by atoms with Gasteiger partial charge in [-0.3, -0.25) is 4.79 Å². The number of ether oxygens (including phenoxy) is 1. The number of carbonyl (C=O) groups is 1. The predicted molar refractivity (Wildman–Crippen MR) is 95.3 cm³/mol. The molecule has 10 heteroatoms. The Hall–Kier alpha value is -2.59. The lowest BCUT2D eigenvalue weighted by Crippen LogP contribution is -2.17. The van der Waals surface area contributed by atoms with Gasteiger partial charge in [-0.2, -0.15) is 13.2 Å². The van der Waals surface area contributed by atoms with Gasteiger partial charge in [-0.05, 0) is 48.2 Å². The Morgan fingerprint density at radius 1 is 1.18 bits per heavy atom. The lowest BCUT2D eigenvalue weighted by atomic mass is 10.1. The largest absolute Gasteiger partial charge is 0.495 e. The van der Waals surface area contributed by atoms with E-state index >= 15 is 0 Å². The highest BCUT2D eigenvalue weighted by Crippen LogP contribution is 2.48. The van der Waals surface area contributed by atoms with Crippen LogP contribution in [-0.2, 0) is 21.0 Å². The van der Waals surface area contributed by atoms with Crippen molar-refractivity contribution >= 4 is 21.6 Å². The molecular weight excluding hydrogens is 397 g/mol. The number of benzene rings is 2. The molecule has 3 rings (SSSR count). The lowest BCUT2D eigenvalue weighted by Gasteiger charge is -2.12. The number of anilines is 1. The number of methoxy groups -OCH3 is 1. The number of carbonyl (C=O) groups excluding carboxylic acids is 1. The molecule has 1 saturated carbocycles. The number of alkyl halides is 3. The number of nitrogens with two attached hydrogens (primary N) is 1. The summed E-state index contributed by atoms with van der Waals surface area (Å²) in [6.45, 7) is 0. The third-order valence-corrected chi connectivity index (χ3v) is 5.46. The van der Waals surface area contributed by atoms with E-state index in [1.54, 1.807) is 0 Å². The second-order valence-electron chi connectivity index (χ2n) is 6.46. The first kappa shape index (κ1) is 20.2. The quantitative estimate of drug-likeness (QED) is 0.785. The lowest BCUT2D eigenvalue weighted by molar-refractivity contribution is -0.137. The molecule has 6 nitrogen and oxygen atoms in total. The van der Waals surface area contributed by atoms with Crippen LogP contribution in [0.5, 0.6) is 5.75 Å². The molecule has 1 fully saturated rings. The van der Waals surface area contributed by atoms with Crippen molar-refractivity contribution in [2.24, 2.45) is 11.1 Å². The van der Waals surface area contributed by atoms with E-state index in [4.69, 9.17) is 9.88 Å². The summed E-state index contributed by atoms with van der Waals surface area (Å²) in [5.74, 6) is -0.753. The van der Waals surface area contributed by atoms with Crippen molar-refractivity contribution in [2.75, 3.05) is 12.4 Å². The van der Waals surface area contributed by atoms with Crippen molar-refractivity contribution in [1.29, 1.82) is 0 Å². The van der Waals surface area contributed by atoms with Crippen LogP contribution in [0.2, 0.25) is 0 Å². The molecule has 0 saturated heterocycles. The highest BCUT2D eigenvalue weighted by molar-refractivity contribution is 7.89. The van der Waals surface area contributed by atoms with E-state index < -0.39 is 27.7 Å². The Morgan fingerprint density at radius 3 is 2.36 bits per heavy atom. The number of primary sulfonamides is 1. The van der Waals surface area contributed by atoms with Crippen molar-refractivity contribution in [2.45, 2.75) is 23.4 Å². The normalized spacial score (nSPS) is 19.2. The van der Waals surface area contributed by atoms with Crippen molar-refractivity contribution < 1.29 is 31.1 Å². The number of sulfonamides is 1. The second kappa shape index (κ2) is 7.10. The third kappa shape index (κ3) is 4.28. The van der Waals surface area contributed by atoms with Crippen LogP contribution in [0.25, 0.3) is 0 Å². The highest BCUT2D eigenvalue weighted by Gasteiger charge is 2.44. The van der Waals surface area contributed by atoms with Crippen LogP contribution < -0.4 is 15.2 Å². The SMILES string of the molecule is COc1ccc(S(N)(=O)=O)cc1NC(=O)C1CC1c1ccc(C(F)(F)F)cc1. The van der Waals surface area contributed by atoms with Crippen LogP contribution in [0.1, 0.15) is 23.5 Å². The Kier molecular flexibility index (Phi) is 5.11. The molecule has 2 aromatic carbocycles. The molecule has 1 amide bonds. The Morgan fingerprint density at radius 2 is 1.82 bits per heavy atom. The average Bonchev–Trinajstić information content (AvgIpc) is 3.41. The molecule has 0 aromatic heterocycles. The van der Waals surface area contributed by atoms with Gasteiger partial charge >= 0.3 is 6.18 Å². The van der Waals surface area contributed by atoms with Crippen LogP contribution in [0.3, 0.4) is 0 Å². The fourth-order valence-corrected chi connectivity index (χ4v) is 3.50. The molecule has 2 atom stereocenters. The van der Waals surface area contributed by atoms with E-state index in [9.17, 15) is 26.4 Å². The molecule has 0 spiro atoms. The zero-order chi connectivity index (χ0) is 20.7. The van der Waals surface area contributed by atoms with Crippen LogP contribution in [-0.4, -0.2) is 21.4 Å². The summed E-state index contributed by atoms with van der Waals surface area (Å²) in [6.07, 6.45) is -3.93. The Bertz CT molecular complexity index is 1000. The zero-order valence-corrected chi connectivity index (χ0v) is 15.5. The van der Waals surface area contributed by atoms with Crippen LogP contribution in [0.4, 0.5) is 18.9 Å². The van der Waals surface area contributed by atoms with Crippen molar-refractivity contribution in [1.82, 2.24) is 0 Å². The van der Waals surface area contributed by atoms with E-state index in [-0.39, 0.29) is 28.2 Å². The number of hydrogen-bond acceptors (Lipinski definition) is 4. The van der Waals surface area contributed by atoms with Crippen molar-refractivity contribution in [3.63, 3.8) is 0 Å². The van der Waals surface area contributed by atoms with Gasteiger partial charge < -0.3 is 10.1 Å². The minimum absolute atomic E-state index is 0.150. The molecule has 0 heterocycles. The van der Waals surface area contributed by atoms with Crippen LogP contribution >= 0.6 is 0 Å². The van der Waals surface area contributed by atoms with Gasteiger partial charge in [-0.25, -0.2) is 13.6 Å². The third-order valence-electron chi connectivity index (χ3n) is 4.55. The minimum Gasteiger partial charge on any atom is -0.495 e. The molecule has 2 unspecified atom stereocenters. The van der Waals surface area contributed by atoms with Gasteiger partial charge in [0, 0.05) is 5.92 Å². The van der Waals surface area contributed by atoms with Gasteiger partial charge in [0.15, 0.2) is 0 Å². The fraction of sp³-hybridized carbons (Fsp3) is 0.278. The van der Waals surface area contributed by atoms with Gasteiger partial charge in [-0.15, -0.1) is 0 Å². The van der Waals surface area contributed by atoms with Crippen molar-refractivity contribution in [3.05, 3.63) is 53.6 Å². The van der Waals surface area contributed by atoms with Crippen molar-refractivity contribution in [3.8, 4) is 5.75 Å². The summed E-state index contributed by atoms with van der Waals surface area (Å²) < 4.78 is 66.0. The summed E-state index contributed by atoms with van der Waals surface area (Å²) in [6, 6.07) is 8.53. The Balaban J connectivity index is 1.73. The summed E-state index contributed by atoms with van der Waals surface area (Å²) in [5, 5.41) is 7.71. The maximum atomic E-state index is 12.6. The molecule has 0 radical (unpaired) electrons. The summed E-state index contributed by atoms with van der Waals surface area (Å²) in [5.41, 5.74) is 0.0398. The first-order chi connectivity index (χ1) is 13.0. The van der Waals surface area contributed by atoms with Gasteiger partial charge in [0.1, 0.15) is 5.75 Å². The van der Waals surface area contributed by atoms with E-state index in [2.05, 4.69) is 5.32 Å². The number of rotatable bonds is 5. The molecule has 0 aliphatic heterocycles. The molecule has 28 heavy (non-hydrogen) atoms. The van der Waals surface area contributed by atoms with Gasteiger partial charge in [-0.1, -0.05) is 12.1 Å². The molecule has 3 N–H and O–H groups in total. The molecule has 1 aliphatic carbocycles. The summed E-state index contributed by atoms with van der Waals surface area (Å²) in [7, 11) is -2.59. The van der Waals surface area contributed by atoms with E-state index in [0.717, 1.165) is 12.1 Å². The maximum Gasteiger partial charge on any atom is 0.416 e. The molecule has 0 bridgehead atoms. The number of nitrogens with one attached hydrogen (secondary N) is 1. The number of amides is 1. The van der Waals surface area contributed by atoms with Gasteiger partial charge in [0.25, 0.3) is 0 Å². The molecule has 2 aromatic rings. The van der Waals surface area contributed by atoms with E-state index in [1.807, 2.05) is 0 Å². The zero-order valence-electron chi connectivity index (χ0n) is 14.7. The van der Waals surface area contributed by atoms with Crippen LogP contribution in [0.15, 0.2) is 47.4 Å². The Labute approximate surface area is 159 Å². The smallest absolute Gasteiger partial charge is 0.416 e. The molecule has 150 valence electrons. The average molecular weight is 414 g/mol. The standard InChI is InChI=1S/C18H17F3N2O4S/c1-27-16-7-6-12(28(22,25)26)8-15(16)23-17(24)14-9-13(14)10-2-4-11(5-3-10)18(19,20)21/h2-8,13-14H,9H2,1H3,(H,23,24)(H2,22,25,26). The summed E-state index contributed by atoms with van der Waals surface area (Å²) in [4.78, 5) is 12.3. The first-order valence-electron chi connectivity index (χ1n) is 8.19. The fourth-order valence-electron chi connectivity index (χ4n) is 2.96. The molecular formula is C18H17F3N2O4S. The van der Waals surface area contributed by atoms with Gasteiger partial charge in [0.2, 0.25) is 15.9 Å². The van der Waals surface area contributed by atoms with Crippen LogP contribution in [0, 0.1) is 5.92 Å². The molecule has 1 aliphatic rings.